The highest BCUT2D eigenvalue weighted by atomic mass is 32.2. The van der Waals surface area contributed by atoms with Crippen LogP contribution in [0.3, 0.4) is 0 Å². The van der Waals surface area contributed by atoms with E-state index in [-0.39, 0.29) is 23.4 Å². The number of pyridine rings is 1. The molecule has 2 saturated heterocycles. The van der Waals surface area contributed by atoms with Crippen molar-refractivity contribution in [2.24, 2.45) is 0 Å². The van der Waals surface area contributed by atoms with E-state index in [4.69, 9.17) is 14.2 Å². The molecule has 1 atom stereocenters. The Balaban J connectivity index is 1.57. The fourth-order valence-corrected chi connectivity index (χ4v) is 5.50. The van der Waals surface area contributed by atoms with Crippen molar-refractivity contribution in [1.82, 2.24) is 14.6 Å². The number of hydrogen-bond acceptors (Lipinski definition) is 7. The number of sulfonamides is 1. The van der Waals surface area contributed by atoms with E-state index in [1.54, 1.807) is 6.07 Å². The molecule has 4 rings (SSSR count). The molecule has 0 saturated carbocycles. The molecule has 3 aliphatic rings. The van der Waals surface area contributed by atoms with E-state index in [1.807, 2.05) is 13.8 Å². The largest absolute Gasteiger partial charge is 0.473 e. The molecular weight excluding hydrogens is 394 g/mol. The maximum Gasteiger partial charge on any atom is 0.246 e. The van der Waals surface area contributed by atoms with Gasteiger partial charge < -0.3 is 14.2 Å². The van der Waals surface area contributed by atoms with E-state index >= 15 is 0 Å². The van der Waals surface area contributed by atoms with Crippen LogP contribution in [0.25, 0.3) is 0 Å². The highest BCUT2D eigenvalue weighted by Gasteiger charge is 2.41. The zero-order valence-electron chi connectivity index (χ0n) is 17.3. The minimum Gasteiger partial charge on any atom is -0.473 e. The second kappa shape index (κ2) is 8.37. The van der Waals surface area contributed by atoms with E-state index in [0.29, 0.717) is 37.5 Å². The third-order valence-electron chi connectivity index (χ3n) is 5.97. The Bertz CT molecular complexity index is 833. The number of fused-ring (bicyclic) bond motifs is 1. The van der Waals surface area contributed by atoms with Crippen molar-refractivity contribution >= 4 is 10.0 Å². The van der Waals surface area contributed by atoms with E-state index in [2.05, 4.69) is 14.6 Å². The van der Waals surface area contributed by atoms with E-state index in [1.165, 1.54) is 19.3 Å². The summed E-state index contributed by atoms with van der Waals surface area (Å²) < 4.78 is 46.0. The SMILES string of the molecule is Cc1cc2c(nc1OC(C)CN1CCCCC1)OC1(CCOCC1)CNS2(=O)=O. The summed E-state index contributed by atoms with van der Waals surface area (Å²) in [5.74, 6) is 0.565. The van der Waals surface area contributed by atoms with Crippen molar-refractivity contribution in [3.8, 4) is 11.8 Å². The van der Waals surface area contributed by atoms with Gasteiger partial charge in [-0.15, -0.1) is 0 Å². The van der Waals surface area contributed by atoms with Crippen molar-refractivity contribution < 1.29 is 22.6 Å². The van der Waals surface area contributed by atoms with Gasteiger partial charge in [0, 0.05) is 24.9 Å². The Morgan fingerprint density at radius 3 is 2.72 bits per heavy atom. The molecule has 1 spiro atoms. The number of nitrogens with one attached hydrogen (secondary N) is 1. The third-order valence-corrected chi connectivity index (χ3v) is 7.36. The average molecular weight is 426 g/mol. The maximum atomic E-state index is 12.8. The summed E-state index contributed by atoms with van der Waals surface area (Å²) in [6.07, 6.45) is 4.94. The van der Waals surface area contributed by atoms with Crippen LogP contribution in [0.5, 0.6) is 11.8 Å². The van der Waals surface area contributed by atoms with Gasteiger partial charge in [-0.05, 0) is 45.8 Å². The number of aryl methyl sites for hydroxylation is 1. The van der Waals surface area contributed by atoms with Gasteiger partial charge in [0.15, 0.2) is 0 Å². The second-order valence-electron chi connectivity index (χ2n) is 8.43. The van der Waals surface area contributed by atoms with E-state index in [9.17, 15) is 8.42 Å². The van der Waals surface area contributed by atoms with Gasteiger partial charge in [-0.1, -0.05) is 6.42 Å². The molecule has 0 amide bonds. The fourth-order valence-electron chi connectivity index (χ4n) is 4.24. The monoisotopic (exact) mass is 425 g/mol. The van der Waals surface area contributed by atoms with Crippen molar-refractivity contribution in [3.05, 3.63) is 11.6 Å². The highest BCUT2D eigenvalue weighted by Crippen LogP contribution is 2.36. The molecule has 0 aliphatic carbocycles. The summed E-state index contributed by atoms with van der Waals surface area (Å²) in [7, 11) is -3.69. The molecule has 0 aromatic carbocycles. The molecule has 162 valence electrons. The minimum atomic E-state index is -3.69. The van der Waals surface area contributed by atoms with Crippen LogP contribution < -0.4 is 14.2 Å². The number of ether oxygens (including phenoxy) is 3. The molecule has 1 N–H and O–H groups in total. The molecule has 1 unspecified atom stereocenters. The summed E-state index contributed by atoms with van der Waals surface area (Å²) in [6, 6.07) is 1.60. The summed E-state index contributed by atoms with van der Waals surface area (Å²) in [5.41, 5.74) is 0.0568. The first-order valence-corrected chi connectivity index (χ1v) is 12.0. The van der Waals surface area contributed by atoms with Gasteiger partial charge in [0.1, 0.15) is 16.6 Å². The van der Waals surface area contributed by atoms with Crippen molar-refractivity contribution in [3.63, 3.8) is 0 Å². The predicted octanol–water partition coefficient (Wildman–Crippen LogP) is 1.86. The van der Waals surface area contributed by atoms with Gasteiger partial charge in [-0.3, -0.25) is 4.90 Å². The minimum absolute atomic E-state index is 0.0464. The first-order chi connectivity index (χ1) is 13.9. The van der Waals surface area contributed by atoms with Crippen LogP contribution in [-0.4, -0.2) is 69.4 Å². The zero-order valence-corrected chi connectivity index (χ0v) is 18.1. The molecule has 0 radical (unpaired) electrons. The van der Waals surface area contributed by atoms with Gasteiger partial charge in [-0.2, -0.15) is 4.98 Å². The molecule has 2 fully saturated rings. The lowest BCUT2D eigenvalue weighted by Gasteiger charge is -2.35. The Labute approximate surface area is 173 Å². The molecule has 1 aromatic rings. The van der Waals surface area contributed by atoms with Gasteiger partial charge in [-0.25, -0.2) is 13.1 Å². The van der Waals surface area contributed by atoms with Crippen LogP contribution >= 0.6 is 0 Å². The zero-order chi connectivity index (χ0) is 20.5. The third kappa shape index (κ3) is 4.68. The number of nitrogens with zero attached hydrogens (tertiary/aromatic N) is 2. The molecule has 4 heterocycles. The number of rotatable bonds is 4. The van der Waals surface area contributed by atoms with Crippen LogP contribution in [0.15, 0.2) is 11.0 Å². The van der Waals surface area contributed by atoms with E-state index < -0.39 is 15.6 Å². The van der Waals surface area contributed by atoms with Gasteiger partial charge in [0.2, 0.25) is 21.8 Å². The molecular formula is C20H31N3O5S. The number of piperidine rings is 1. The summed E-state index contributed by atoms with van der Waals surface area (Å²) >= 11 is 0. The van der Waals surface area contributed by atoms with Crippen LogP contribution in [-0.2, 0) is 14.8 Å². The summed E-state index contributed by atoms with van der Waals surface area (Å²) in [5, 5.41) is 0. The number of hydrogen-bond donors (Lipinski definition) is 1. The summed E-state index contributed by atoms with van der Waals surface area (Å²) in [4.78, 5) is 7.02. The maximum absolute atomic E-state index is 12.8. The predicted molar refractivity (Wildman–Crippen MR) is 108 cm³/mol. The topological polar surface area (TPSA) is 90.0 Å². The number of aromatic nitrogens is 1. The highest BCUT2D eigenvalue weighted by molar-refractivity contribution is 7.89. The fraction of sp³-hybridized carbons (Fsp3) is 0.750. The standard InChI is InChI=1S/C20H31N3O5S/c1-15-12-17-19(22-18(15)27-16(2)13-23-8-4-3-5-9-23)28-20(6-10-26-11-7-20)14-21-29(17,24)25/h12,16,21H,3-11,13-14H2,1-2H3. The lowest BCUT2D eigenvalue weighted by Crippen LogP contribution is -2.49. The van der Waals surface area contributed by atoms with E-state index in [0.717, 1.165) is 19.6 Å². The molecule has 8 nitrogen and oxygen atoms in total. The van der Waals surface area contributed by atoms with Gasteiger partial charge in [0.25, 0.3) is 0 Å². The van der Waals surface area contributed by atoms with Crippen LogP contribution in [0.1, 0.15) is 44.6 Å². The quantitative estimate of drug-likeness (QED) is 0.787. The molecule has 29 heavy (non-hydrogen) atoms. The normalized spacial score (nSPS) is 24.9. The summed E-state index contributed by atoms with van der Waals surface area (Å²) in [6.45, 7) is 8.18. The molecule has 0 bridgehead atoms. The number of likely N-dealkylation sites (tertiary alicyclic amines) is 1. The Hall–Kier alpha value is -1.42. The second-order valence-corrected chi connectivity index (χ2v) is 10.2. The van der Waals surface area contributed by atoms with Crippen LogP contribution in [0.2, 0.25) is 0 Å². The molecule has 9 heteroatoms. The van der Waals surface area contributed by atoms with Crippen molar-refractivity contribution in [2.75, 3.05) is 39.4 Å². The first-order valence-electron chi connectivity index (χ1n) is 10.5. The van der Waals surface area contributed by atoms with Crippen molar-refractivity contribution in [2.45, 2.75) is 62.6 Å². The molecule has 3 aliphatic heterocycles. The van der Waals surface area contributed by atoms with Crippen LogP contribution in [0, 0.1) is 6.92 Å². The van der Waals surface area contributed by atoms with Gasteiger partial charge >= 0.3 is 0 Å². The smallest absolute Gasteiger partial charge is 0.246 e. The Morgan fingerprint density at radius 2 is 2.00 bits per heavy atom. The van der Waals surface area contributed by atoms with Crippen molar-refractivity contribution in [1.29, 1.82) is 0 Å². The molecule has 1 aromatic heterocycles. The van der Waals surface area contributed by atoms with Gasteiger partial charge in [0.05, 0.1) is 19.8 Å². The Morgan fingerprint density at radius 1 is 1.28 bits per heavy atom. The first kappa shape index (κ1) is 20.8. The lowest BCUT2D eigenvalue weighted by molar-refractivity contribution is -0.0446. The van der Waals surface area contributed by atoms with Crippen LogP contribution in [0.4, 0.5) is 0 Å². The Kier molecular flexibility index (Phi) is 6.02. The lowest BCUT2D eigenvalue weighted by atomic mass is 9.94. The average Bonchev–Trinajstić information content (AvgIpc) is 2.79.